The minimum absolute atomic E-state index is 0.468. The molecule has 0 amide bonds. The van der Waals surface area contributed by atoms with Crippen molar-refractivity contribution in [3.8, 4) is 11.1 Å². The van der Waals surface area contributed by atoms with Gasteiger partial charge in [-0.05, 0) is 37.0 Å². The molecule has 154 valence electrons. The predicted molar refractivity (Wildman–Crippen MR) is 125 cm³/mol. The Hall–Kier alpha value is -3.47. The normalized spacial score (nSPS) is 11.5. The van der Waals surface area contributed by atoms with Crippen LogP contribution in [0.4, 0.5) is 5.82 Å². The van der Waals surface area contributed by atoms with E-state index in [4.69, 9.17) is 11.5 Å². The molecule has 1 aromatic heterocycles. The number of aryl methyl sites for hydroxylation is 2. The number of nitrogen functional groups attached to an aromatic ring is 1. The minimum Gasteiger partial charge on any atom is -0.383 e. The third-order valence-corrected chi connectivity index (χ3v) is 4.88. The molecule has 5 heteroatoms. The molecule has 0 saturated carbocycles. The van der Waals surface area contributed by atoms with Crippen LogP contribution in [-0.4, -0.2) is 15.8 Å². The molecule has 0 aliphatic carbocycles. The van der Waals surface area contributed by atoms with Crippen molar-refractivity contribution in [3.63, 3.8) is 0 Å². The van der Waals surface area contributed by atoms with Crippen molar-refractivity contribution in [2.75, 3.05) is 5.73 Å². The van der Waals surface area contributed by atoms with E-state index in [9.17, 15) is 0 Å². The Balaban J connectivity index is 1.92. The molecule has 1 heterocycles. The molecule has 0 aliphatic heterocycles. The molecule has 0 spiro atoms. The second-order valence-corrected chi connectivity index (χ2v) is 7.48. The maximum Gasteiger partial charge on any atom is 0.131 e. The van der Waals surface area contributed by atoms with Gasteiger partial charge in [0.1, 0.15) is 17.5 Å². The number of amidine groups is 1. The van der Waals surface area contributed by atoms with Crippen LogP contribution in [0, 0.1) is 6.92 Å². The Morgan fingerprint density at radius 3 is 2.43 bits per heavy atom. The van der Waals surface area contributed by atoms with E-state index in [0.717, 1.165) is 52.2 Å². The van der Waals surface area contributed by atoms with E-state index in [2.05, 4.69) is 58.8 Å². The first-order valence-electron chi connectivity index (χ1n) is 10.2. The highest BCUT2D eigenvalue weighted by Gasteiger charge is 2.12. The molecule has 5 nitrogen and oxygen atoms in total. The summed E-state index contributed by atoms with van der Waals surface area (Å²) in [7, 11) is 0. The summed E-state index contributed by atoms with van der Waals surface area (Å²) < 4.78 is 0. The van der Waals surface area contributed by atoms with Gasteiger partial charge in [-0.1, -0.05) is 68.5 Å². The van der Waals surface area contributed by atoms with Gasteiger partial charge < -0.3 is 11.5 Å². The van der Waals surface area contributed by atoms with E-state index in [-0.39, 0.29) is 0 Å². The Labute approximate surface area is 178 Å². The number of rotatable bonds is 7. The fraction of sp³-hybridized carbons (Fsp3) is 0.240. The van der Waals surface area contributed by atoms with Gasteiger partial charge in [0.25, 0.3) is 0 Å². The summed E-state index contributed by atoms with van der Waals surface area (Å²) in [4.78, 5) is 13.3. The number of anilines is 1. The van der Waals surface area contributed by atoms with E-state index in [1.165, 1.54) is 0 Å². The highest BCUT2D eigenvalue weighted by molar-refractivity contribution is 6.03. The SMILES string of the molecule is C=C(C)N=C(N)c1ccccc1-c1ccc(Cc2c(N)nc(C)nc2CCC)cc1. The van der Waals surface area contributed by atoms with Crippen LogP contribution in [0.15, 0.2) is 65.8 Å². The van der Waals surface area contributed by atoms with E-state index in [1.54, 1.807) is 0 Å². The van der Waals surface area contributed by atoms with Gasteiger partial charge in [0.05, 0.1) is 0 Å². The third kappa shape index (κ3) is 4.92. The molecular formula is C25H29N5. The summed E-state index contributed by atoms with van der Waals surface area (Å²) in [5.74, 6) is 1.76. The molecule has 0 aliphatic rings. The van der Waals surface area contributed by atoms with Crippen molar-refractivity contribution in [1.82, 2.24) is 9.97 Å². The van der Waals surface area contributed by atoms with Gasteiger partial charge in [-0.15, -0.1) is 0 Å². The maximum absolute atomic E-state index is 6.23. The van der Waals surface area contributed by atoms with Gasteiger partial charge in [-0.3, -0.25) is 0 Å². The molecule has 0 atom stereocenters. The predicted octanol–water partition coefficient (Wildman–Crippen LogP) is 4.82. The molecular weight excluding hydrogens is 370 g/mol. The van der Waals surface area contributed by atoms with Crippen molar-refractivity contribution in [1.29, 1.82) is 0 Å². The van der Waals surface area contributed by atoms with Crippen LogP contribution in [0.2, 0.25) is 0 Å². The highest BCUT2D eigenvalue weighted by atomic mass is 14.9. The molecule has 0 radical (unpaired) electrons. The van der Waals surface area contributed by atoms with Gasteiger partial charge in [0.15, 0.2) is 0 Å². The minimum atomic E-state index is 0.468. The van der Waals surface area contributed by atoms with Crippen LogP contribution in [0.25, 0.3) is 11.1 Å². The maximum atomic E-state index is 6.23. The molecule has 3 rings (SSSR count). The fourth-order valence-electron chi connectivity index (χ4n) is 3.54. The van der Waals surface area contributed by atoms with Crippen molar-refractivity contribution < 1.29 is 0 Å². The summed E-state index contributed by atoms with van der Waals surface area (Å²) >= 11 is 0. The second-order valence-electron chi connectivity index (χ2n) is 7.48. The smallest absolute Gasteiger partial charge is 0.131 e. The molecule has 0 unspecified atom stereocenters. The quantitative estimate of drug-likeness (QED) is 0.440. The van der Waals surface area contributed by atoms with E-state index < -0.39 is 0 Å². The Morgan fingerprint density at radius 1 is 1.07 bits per heavy atom. The lowest BCUT2D eigenvalue weighted by molar-refractivity contribution is 0.836. The lowest BCUT2D eigenvalue weighted by Crippen LogP contribution is -2.14. The molecule has 4 N–H and O–H groups in total. The summed E-state index contributed by atoms with van der Waals surface area (Å²) in [5.41, 5.74) is 19.4. The van der Waals surface area contributed by atoms with Crippen LogP contribution in [0.3, 0.4) is 0 Å². The van der Waals surface area contributed by atoms with Gasteiger partial charge in [-0.2, -0.15) is 0 Å². The van der Waals surface area contributed by atoms with Crippen LogP contribution in [-0.2, 0) is 12.8 Å². The topological polar surface area (TPSA) is 90.2 Å². The highest BCUT2D eigenvalue weighted by Crippen LogP contribution is 2.26. The lowest BCUT2D eigenvalue weighted by atomic mass is 9.96. The molecule has 0 saturated heterocycles. The van der Waals surface area contributed by atoms with Crippen LogP contribution in [0.1, 0.15) is 48.5 Å². The van der Waals surface area contributed by atoms with Crippen molar-refractivity contribution >= 4 is 11.7 Å². The molecule has 2 aromatic carbocycles. The number of benzene rings is 2. The first-order chi connectivity index (χ1) is 14.4. The number of aliphatic imine (C=N–C) groups is 1. The van der Waals surface area contributed by atoms with Crippen molar-refractivity contribution in [2.24, 2.45) is 10.7 Å². The van der Waals surface area contributed by atoms with Gasteiger partial charge in [0.2, 0.25) is 0 Å². The molecule has 3 aromatic rings. The van der Waals surface area contributed by atoms with E-state index in [0.29, 0.717) is 23.8 Å². The zero-order valence-electron chi connectivity index (χ0n) is 17.9. The van der Waals surface area contributed by atoms with Gasteiger partial charge in [0, 0.05) is 28.9 Å². The van der Waals surface area contributed by atoms with Crippen LogP contribution >= 0.6 is 0 Å². The standard InChI is InChI=1S/C25H29N5/c1-5-8-23-22(25(27)30-17(4)29-23)15-18-11-13-19(14-12-18)20-9-6-7-10-21(20)24(26)28-16(2)3/h6-7,9-14H,2,5,8,15H2,1,3-4H3,(H2,26,28)(H2,27,29,30). The summed E-state index contributed by atoms with van der Waals surface area (Å²) in [6.45, 7) is 9.68. The average molecular weight is 400 g/mol. The van der Waals surface area contributed by atoms with Crippen molar-refractivity contribution in [2.45, 2.75) is 40.0 Å². The largest absolute Gasteiger partial charge is 0.383 e. The average Bonchev–Trinajstić information content (AvgIpc) is 2.71. The zero-order chi connectivity index (χ0) is 21.7. The lowest BCUT2D eigenvalue weighted by Gasteiger charge is -2.13. The number of nitrogens with zero attached hydrogens (tertiary/aromatic N) is 3. The Morgan fingerprint density at radius 2 is 1.77 bits per heavy atom. The molecule has 0 fully saturated rings. The first-order valence-corrected chi connectivity index (χ1v) is 10.2. The van der Waals surface area contributed by atoms with E-state index >= 15 is 0 Å². The second kappa shape index (κ2) is 9.35. The fourth-order valence-corrected chi connectivity index (χ4v) is 3.54. The monoisotopic (exact) mass is 399 g/mol. The van der Waals surface area contributed by atoms with E-state index in [1.807, 2.05) is 32.0 Å². The Bertz CT molecular complexity index is 1080. The van der Waals surface area contributed by atoms with Gasteiger partial charge in [-0.25, -0.2) is 15.0 Å². The van der Waals surface area contributed by atoms with Crippen LogP contribution in [0.5, 0.6) is 0 Å². The van der Waals surface area contributed by atoms with Crippen LogP contribution < -0.4 is 11.5 Å². The number of hydrogen-bond donors (Lipinski definition) is 2. The number of aromatic nitrogens is 2. The molecule has 0 bridgehead atoms. The van der Waals surface area contributed by atoms with Crippen molar-refractivity contribution in [3.05, 3.63) is 89.0 Å². The number of allylic oxidation sites excluding steroid dienone is 1. The number of hydrogen-bond acceptors (Lipinski definition) is 4. The first kappa shape index (κ1) is 21.2. The molecule has 30 heavy (non-hydrogen) atoms. The zero-order valence-corrected chi connectivity index (χ0v) is 17.9. The third-order valence-electron chi connectivity index (χ3n) is 4.88. The number of nitrogens with two attached hydrogens (primary N) is 2. The van der Waals surface area contributed by atoms with Gasteiger partial charge >= 0.3 is 0 Å². The Kier molecular flexibility index (Phi) is 6.62. The summed E-state index contributed by atoms with van der Waals surface area (Å²) in [6, 6.07) is 16.4. The summed E-state index contributed by atoms with van der Waals surface area (Å²) in [6.07, 6.45) is 2.63. The summed E-state index contributed by atoms with van der Waals surface area (Å²) in [5, 5.41) is 0.